The van der Waals surface area contributed by atoms with Gasteiger partial charge in [-0.05, 0) is 14.0 Å². The molecule has 1 saturated heterocycles. The molecule has 0 aromatic carbocycles. The molecule has 0 spiro atoms. The van der Waals surface area contributed by atoms with Crippen LogP contribution in [0.15, 0.2) is 6.07 Å². The Kier molecular flexibility index (Phi) is 4.07. The third kappa shape index (κ3) is 2.88. The van der Waals surface area contributed by atoms with E-state index in [1.54, 1.807) is 6.07 Å². The minimum Gasteiger partial charge on any atom is -0.477 e. The van der Waals surface area contributed by atoms with E-state index in [1.807, 2.05) is 13.0 Å². The highest BCUT2D eigenvalue weighted by molar-refractivity contribution is 5.64. The lowest BCUT2D eigenvalue weighted by molar-refractivity contribution is 0.309. The van der Waals surface area contributed by atoms with Gasteiger partial charge in [0.2, 0.25) is 5.88 Å². The van der Waals surface area contributed by atoms with Gasteiger partial charge in [-0.15, -0.1) is 0 Å². The fourth-order valence-electron chi connectivity index (χ4n) is 2.08. The molecule has 1 aromatic heterocycles. The number of hydrogen-bond donors (Lipinski definition) is 1. The van der Waals surface area contributed by atoms with Gasteiger partial charge in [-0.25, -0.2) is 0 Å². The fourth-order valence-corrected chi connectivity index (χ4v) is 2.08. The second-order valence-electron chi connectivity index (χ2n) is 4.58. The number of piperazine rings is 1. The van der Waals surface area contributed by atoms with Crippen LogP contribution in [-0.2, 0) is 0 Å². The van der Waals surface area contributed by atoms with Gasteiger partial charge in [0.25, 0.3) is 0 Å². The lowest BCUT2D eigenvalue weighted by atomic mass is 10.2. The molecule has 0 bridgehead atoms. The molecule has 0 unspecified atom stereocenters. The molecule has 1 aromatic rings. The molecule has 0 atom stereocenters. The average molecular weight is 261 g/mol. The first-order valence-electron chi connectivity index (χ1n) is 6.42. The van der Waals surface area contributed by atoms with Crippen LogP contribution < -0.4 is 15.4 Å². The number of hydrogen-bond acceptors (Lipinski definition) is 6. The summed E-state index contributed by atoms with van der Waals surface area (Å²) in [5.41, 5.74) is 6.66. The van der Waals surface area contributed by atoms with Gasteiger partial charge >= 0.3 is 0 Å². The summed E-state index contributed by atoms with van der Waals surface area (Å²) in [6.45, 7) is 6.12. The Morgan fingerprint density at radius 2 is 2.11 bits per heavy atom. The van der Waals surface area contributed by atoms with Crippen molar-refractivity contribution in [3.05, 3.63) is 11.6 Å². The molecule has 1 fully saturated rings. The first-order valence-corrected chi connectivity index (χ1v) is 6.42. The Hall–Kier alpha value is -2.00. The predicted octanol–water partition coefficient (Wildman–Crippen LogP) is 0.686. The van der Waals surface area contributed by atoms with Gasteiger partial charge in [0.05, 0.1) is 12.3 Å². The molecule has 2 N–H and O–H groups in total. The molecule has 1 aliphatic heterocycles. The van der Waals surface area contributed by atoms with Crippen molar-refractivity contribution in [2.24, 2.45) is 0 Å². The van der Waals surface area contributed by atoms with Gasteiger partial charge in [-0.2, -0.15) is 10.2 Å². The largest absolute Gasteiger partial charge is 0.477 e. The highest BCUT2D eigenvalue weighted by Gasteiger charge is 2.19. The molecule has 2 heterocycles. The zero-order chi connectivity index (χ0) is 13.8. The van der Waals surface area contributed by atoms with Crippen LogP contribution in [0.25, 0.3) is 0 Å². The molecule has 0 aliphatic carbocycles. The van der Waals surface area contributed by atoms with Crippen LogP contribution in [0.5, 0.6) is 5.88 Å². The van der Waals surface area contributed by atoms with Gasteiger partial charge in [-0.1, -0.05) is 0 Å². The first kappa shape index (κ1) is 13.4. The molecule has 2 rings (SSSR count). The number of likely N-dealkylation sites (N-methyl/N-ethyl adjacent to an activating group) is 1. The monoisotopic (exact) mass is 261 g/mol. The van der Waals surface area contributed by atoms with Crippen LogP contribution in [0.2, 0.25) is 0 Å². The van der Waals surface area contributed by atoms with E-state index in [-0.39, 0.29) is 0 Å². The summed E-state index contributed by atoms with van der Waals surface area (Å²) in [7, 11) is 2.10. The number of rotatable bonds is 3. The molecule has 1 aliphatic rings. The highest BCUT2D eigenvalue weighted by atomic mass is 16.5. The number of nitrogens with zero attached hydrogens (tertiary/aromatic N) is 4. The van der Waals surface area contributed by atoms with Gasteiger partial charge in [0.15, 0.2) is 0 Å². The maximum absolute atomic E-state index is 9.09. The number of nitrogens with two attached hydrogens (primary N) is 1. The summed E-state index contributed by atoms with van der Waals surface area (Å²) >= 11 is 0. The van der Waals surface area contributed by atoms with E-state index in [2.05, 4.69) is 21.8 Å². The Balaban J connectivity index is 2.29. The van der Waals surface area contributed by atoms with Crippen molar-refractivity contribution in [3.63, 3.8) is 0 Å². The van der Waals surface area contributed by atoms with Crippen LogP contribution in [0, 0.1) is 11.3 Å². The van der Waals surface area contributed by atoms with Gasteiger partial charge in [0.1, 0.15) is 17.5 Å². The van der Waals surface area contributed by atoms with E-state index in [4.69, 9.17) is 15.7 Å². The minimum absolute atomic E-state index is 0.319. The van der Waals surface area contributed by atoms with Crippen LogP contribution in [-0.4, -0.2) is 49.7 Å². The summed E-state index contributed by atoms with van der Waals surface area (Å²) in [6.07, 6.45) is 0. The predicted molar refractivity (Wildman–Crippen MR) is 74.2 cm³/mol. The van der Waals surface area contributed by atoms with E-state index >= 15 is 0 Å². The molecule has 6 nitrogen and oxygen atoms in total. The molecular weight excluding hydrogens is 242 g/mol. The van der Waals surface area contributed by atoms with E-state index in [0.29, 0.717) is 23.7 Å². The standard InChI is InChI=1S/C13H19N5O/c1-3-19-13-10(9-14)11(15)8-12(16-13)18-6-4-17(2)5-7-18/h8H,3-7H2,1-2H3,(H2,15,16). The second-order valence-corrected chi connectivity index (χ2v) is 4.58. The quantitative estimate of drug-likeness (QED) is 0.862. The summed E-state index contributed by atoms with van der Waals surface area (Å²) in [5, 5.41) is 9.09. The molecular formula is C13H19N5O. The van der Waals surface area contributed by atoms with Crippen molar-refractivity contribution in [3.8, 4) is 11.9 Å². The minimum atomic E-state index is 0.319. The Bertz CT molecular complexity index is 489. The van der Waals surface area contributed by atoms with Crippen molar-refractivity contribution in [1.29, 1.82) is 5.26 Å². The van der Waals surface area contributed by atoms with Gasteiger partial charge in [0, 0.05) is 32.2 Å². The molecule has 0 amide bonds. The average Bonchev–Trinajstić information content (AvgIpc) is 2.39. The number of aromatic nitrogens is 1. The molecule has 0 radical (unpaired) electrons. The van der Waals surface area contributed by atoms with Crippen molar-refractivity contribution in [2.75, 3.05) is 50.5 Å². The molecule has 102 valence electrons. The summed E-state index contributed by atoms with van der Waals surface area (Å²) in [4.78, 5) is 8.86. The lowest BCUT2D eigenvalue weighted by Gasteiger charge is -2.33. The number of pyridine rings is 1. The van der Waals surface area contributed by atoms with Crippen LogP contribution >= 0.6 is 0 Å². The third-order valence-electron chi connectivity index (χ3n) is 3.22. The van der Waals surface area contributed by atoms with Gasteiger partial charge < -0.3 is 20.3 Å². The molecule has 0 saturated carbocycles. The SMILES string of the molecule is CCOc1nc(N2CCN(C)CC2)cc(N)c1C#N. The topological polar surface area (TPSA) is 78.4 Å². The summed E-state index contributed by atoms with van der Waals surface area (Å²) in [5.74, 6) is 1.12. The number of anilines is 2. The second kappa shape index (κ2) is 5.76. The number of ether oxygens (including phenoxy) is 1. The Labute approximate surface area is 113 Å². The summed E-state index contributed by atoms with van der Waals surface area (Å²) < 4.78 is 5.41. The third-order valence-corrected chi connectivity index (χ3v) is 3.22. The van der Waals surface area contributed by atoms with Crippen molar-refractivity contribution >= 4 is 11.5 Å². The van der Waals surface area contributed by atoms with E-state index in [1.165, 1.54) is 0 Å². The fraction of sp³-hybridized carbons (Fsp3) is 0.538. The Morgan fingerprint density at radius 3 is 2.68 bits per heavy atom. The molecule has 19 heavy (non-hydrogen) atoms. The van der Waals surface area contributed by atoms with E-state index < -0.39 is 0 Å². The van der Waals surface area contributed by atoms with Crippen LogP contribution in [0.1, 0.15) is 12.5 Å². The summed E-state index contributed by atoms with van der Waals surface area (Å²) in [6, 6.07) is 3.80. The normalized spacial score (nSPS) is 16.2. The highest BCUT2D eigenvalue weighted by Crippen LogP contribution is 2.27. The number of nitrogen functional groups attached to an aromatic ring is 1. The maximum atomic E-state index is 9.09. The van der Waals surface area contributed by atoms with Crippen molar-refractivity contribution in [1.82, 2.24) is 9.88 Å². The van der Waals surface area contributed by atoms with Crippen LogP contribution in [0.4, 0.5) is 11.5 Å². The van der Waals surface area contributed by atoms with E-state index in [9.17, 15) is 0 Å². The van der Waals surface area contributed by atoms with E-state index in [0.717, 1.165) is 32.0 Å². The first-order chi connectivity index (χ1) is 9.15. The molecule has 6 heteroatoms. The van der Waals surface area contributed by atoms with Gasteiger partial charge in [-0.3, -0.25) is 0 Å². The maximum Gasteiger partial charge on any atom is 0.235 e. The number of nitriles is 1. The van der Waals surface area contributed by atoms with Crippen LogP contribution in [0.3, 0.4) is 0 Å². The van der Waals surface area contributed by atoms with Crippen molar-refractivity contribution < 1.29 is 4.74 Å². The van der Waals surface area contributed by atoms with Crippen molar-refractivity contribution in [2.45, 2.75) is 6.92 Å². The zero-order valence-corrected chi connectivity index (χ0v) is 11.4. The zero-order valence-electron chi connectivity index (χ0n) is 11.4. The Morgan fingerprint density at radius 1 is 1.42 bits per heavy atom. The smallest absolute Gasteiger partial charge is 0.235 e. The lowest BCUT2D eigenvalue weighted by Crippen LogP contribution is -2.44.